The Hall–Kier alpha value is -1.84. The fraction of sp³-hybridized carbons (Fsp3) is 0.435. The molecule has 0 bridgehead atoms. The second-order valence-electron chi connectivity index (χ2n) is 7.83. The van der Waals surface area contributed by atoms with Crippen LogP contribution in [0.2, 0.25) is 10.0 Å². The van der Waals surface area contributed by atoms with E-state index in [4.69, 9.17) is 48.4 Å². The van der Waals surface area contributed by atoms with Gasteiger partial charge < -0.3 is 20.5 Å². The number of fused-ring (bicyclic) bond motifs is 1. The molecule has 0 radical (unpaired) electrons. The summed E-state index contributed by atoms with van der Waals surface area (Å²) >= 11 is 14.8. The van der Waals surface area contributed by atoms with Crippen LogP contribution in [0, 0.1) is 0 Å². The van der Waals surface area contributed by atoms with Gasteiger partial charge in [-0.1, -0.05) is 48.8 Å². The van der Waals surface area contributed by atoms with Gasteiger partial charge in [-0.15, -0.1) is 0 Å². The van der Waals surface area contributed by atoms with Gasteiger partial charge in [-0.3, -0.25) is 0 Å². The molecule has 2 heterocycles. The van der Waals surface area contributed by atoms with Gasteiger partial charge in [0.25, 0.3) is 0 Å². The summed E-state index contributed by atoms with van der Waals surface area (Å²) in [5.41, 5.74) is 9.11. The number of benzene rings is 1. The summed E-state index contributed by atoms with van der Waals surface area (Å²) < 4.78 is 10.9. The fourth-order valence-electron chi connectivity index (χ4n) is 3.49. The molecule has 3 N–H and O–H groups in total. The number of thioether (sulfide) groups is 1. The molecule has 1 atom stereocenters. The molecule has 33 heavy (non-hydrogen) atoms. The van der Waals surface area contributed by atoms with E-state index in [1.165, 1.54) is 26.0 Å². The Morgan fingerprint density at radius 1 is 1.09 bits per heavy atom. The molecule has 1 aromatic carbocycles. The van der Waals surface area contributed by atoms with Crippen LogP contribution in [0.1, 0.15) is 38.4 Å². The number of pyridine rings is 1. The van der Waals surface area contributed by atoms with E-state index >= 15 is 0 Å². The molecule has 10 heteroatoms. The molecule has 0 aliphatic carbocycles. The van der Waals surface area contributed by atoms with Crippen LogP contribution in [-0.2, 0) is 0 Å². The normalized spacial score (nSPS) is 12.4. The van der Waals surface area contributed by atoms with Gasteiger partial charge >= 0.3 is 0 Å². The van der Waals surface area contributed by atoms with Crippen molar-refractivity contribution >= 4 is 45.9 Å². The molecule has 7 nitrogen and oxygen atoms in total. The Kier molecular flexibility index (Phi) is 9.01. The molecule has 0 aliphatic rings. The monoisotopic (exact) mass is 509 g/mol. The Morgan fingerprint density at radius 3 is 2.33 bits per heavy atom. The first-order valence-electron chi connectivity index (χ1n) is 10.6. The zero-order chi connectivity index (χ0) is 24.1. The van der Waals surface area contributed by atoms with Crippen molar-refractivity contribution in [3.05, 3.63) is 34.1 Å². The zero-order valence-electron chi connectivity index (χ0n) is 19.4. The molecule has 0 amide bonds. The maximum absolute atomic E-state index is 6.66. The number of rotatable bonds is 10. The van der Waals surface area contributed by atoms with Gasteiger partial charge in [-0.2, -0.15) is 0 Å². The Balaban J connectivity index is 2.15. The van der Waals surface area contributed by atoms with Crippen LogP contribution in [0.15, 0.2) is 23.5 Å². The van der Waals surface area contributed by atoms with E-state index in [9.17, 15) is 0 Å². The van der Waals surface area contributed by atoms with Crippen LogP contribution >= 0.6 is 35.0 Å². The van der Waals surface area contributed by atoms with Crippen molar-refractivity contribution in [2.45, 2.75) is 43.9 Å². The summed E-state index contributed by atoms with van der Waals surface area (Å²) in [5, 5.41) is 5.57. The van der Waals surface area contributed by atoms with Crippen molar-refractivity contribution in [1.82, 2.24) is 20.3 Å². The van der Waals surface area contributed by atoms with Gasteiger partial charge in [-0.25, -0.2) is 15.0 Å². The van der Waals surface area contributed by atoms with E-state index in [0.29, 0.717) is 49.7 Å². The molecular weight excluding hydrogens is 481 g/mol. The average molecular weight is 510 g/mol. The SMILES string of the molecule is COc1cc(OC)c(Cl)c(-c2cc3cnc(SC)nc3c(C(N)CCCNC(C)C)n2)c1Cl. The molecule has 0 spiro atoms. The number of hydrogen-bond acceptors (Lipinski definition) is 8. The fourth-order valence-corrected chi connectivity index (χ4v) is 4.53. The summed E-state index contributed by atoms with van der Waals surface area (Å²) in [7, 11) is 3.08. The lowest BCUT2D eigenvalue weighted by atomic mass is 10.0. The van der Waals surface area contributed by atoms with E-state index in [0.717, 1.165) is 30.3 Å². The van der Waals surface area contributed by atoms with Crippen LogP contribution in [-0.4, -0.2) is 48.0 Å². The molecule has 3 aromatic rings. The van der Waals surface area contributed by atoms with Crippen LogP contribution in [0.25, 0.3) is 22.2 Å². The number of halogens is 2. The number of methoxy groups -OCH3 is 2. The second kappa shape index (κ2) is 11.5. The van der Waals surface area contributed by atoms with E-state index in [-0.39, 0.29) is 6.04 Å². The highest BCUT2D eigenvalue weighted by Gasteiger charge is 2.23. The van der Waals surface area contributed by atoms with Crippen molar-refractivity contribution in [2.24, 2.45) is 5.73 Å². The van der Waals surface area contributed by atoms with E-state index in [2.05, 4.69) is 24.1 Å². The molecular formula is C23H29Cl2N5O2S. The third-order valence-corrected chi connectivity index (χ3v) is 6.49. The maximum atomic E-state index is 6.66. The summed E-state index contributed by atoms with van der Waals surface area (Å²) in [6.07, 6.45) is 5.35. The molecule has 3 rings (SSSR count). The number of nitrogens with zero attached hydrogens (tertiary/aromatic N) is 3. The van der Waals surface area contributed by atoms with Crippen LogP contribution in [0.3, 0.4) is 0 Å². The zero-order valence-corrected chi connectivity index (χ0v) is 21.7. The van der Waals surface area contributed by atoms with Gasteiger partial charge in [0.05, 0.1) is 41.2 Å². The summed E-state index contributed by atoms with van der Waals surface area (Å²) in [6, 6.07) is 3.61. The van der Waals surface area contributed by atoms with E-state index in [1.54, 1.807) is 12.3 Å². The first-order chi connectivity index (χ1) is 15.8. The first-order valence-corrected chi connectivity index (χ1v) is 12.6. The molecule has 1 unspecified atom stereocenters. The second-order valence-corrected chi connectivity index (χ2v) is 9.36. The van der Waals surface area contributed by atoms with Crippen LogP contribution < -0.4 is 20.5 Å². The summed E-state index contributed by atoms with van der Waals surface area (Å²) in [4.78, 5) is 14.0. The van der Waals surface area contributed by atoms with Crippen molar-refractivity contribution in [2.75, 3.05) is 27.0 Å². The van der Waals surface area contributed by atoms with Crippen LogP contribution in [0.5, 0.6) is 11.5 Å². The third kappa shape index (κ3) is 5.81. The van der Waals surface area contributed by atoms with Crippen molar-refractivity contribution < 1.29 is 9.47 Å². The molecule has 178 valence electrons. The van der Waals surface area contributed by atoms with Gasteiger partial charge in [0, 0.05) is 35.3 Å². The van der Waals surface area contributed by atoms with Gasteiger partial charge in [0.1, 0.15) is 11.5 Å². The minimum atomic E-state index is -0.323. The Morgan fingerprint density at radius 2 is 1.76 bits per heavy atom. The Labute approximate surface area is 208 Å². The predicted molar refractivity (Wildman–Crippen MR) is 137 cm³/mol. The maximum Gasteiger partial charge on any atom is 0.187 e. The Bertz CT molecular complexity index is 1100. The molecule has 0 saturated heterocycles. The van der Waals surface area contributed by atoms with Gasteiger partial charge in [0.15, 0.2) is 5.16 Å². The van der Waals surface area contributed by atoms with Gasteiger partial charge in [-0.05, 0) is 31.7 Å². The molecule has 2 aromatic heterocycles. The van der Waals surface area contributed by atoms with E-state index < -0.39 is 0 Å². The molecule has 0 aliphatic heterocycles. The number of aromatic nitrogens is 3. The average Bonchev–Trinajstić information content (AvgIpc) is 2.81. The van der Waals surface area contributed by atoms with Crippen molar-refractivity contribution in [1.29, 1.82) is 0 Å². The number of hydrogen-bond donors (Lipinski definition) is 2. The third-order valence-electron chi connectivity index (χ3n) is 5.18. The lowest BCUT2D eigenvalue weighted by molar-refractivity contribution is 0.395. The standard InChI is InChI=1S/C23H29Cl2N5O2S/c1-12(2)27-8-6-7-14(26)22-21-13(11-28-23(30-21)33-5)9-15(29-22)18-19(24)16(31-3)10-17(32-4)20(18)25/h9-12,14,27H,6-8,26H2,1-5H3. The topological polar surface area (TPSA) is 95.2 Å². The predicted octanol–water partition coefficient (Wildman–Crippen LogP) is 5.52. The van der Waals surface area contributed by atoms with Gasteiger partial charge in [0.2, 0.25) is 0 Å². The van der Waals surface area contributed by atoms with Crippen molar-refractivity contribution in [3.63, 3.8) is 0 Å². The quantitative estimate of drug-likeness (QED) is 0.209. The lowest BCUT2D eigenvalue weighted by Gasteiger charge is -2.18. The number of nitrogens with two attached hydrogens (primary N) is 1. The highest BCUT2D eigenvalue weighted by atomic mass is 35.5. The molecule has 0 saturated carbocycles. The van der Waals surface area contributed by atoms with Crippen LogP contribution in [0.4, 0.5) is 0 Å². The minimum Gasteiger partial charge on any atom is -0.495 e. The molecule has 0 fully saturated rings. The highest BCUT2D eigenvalue weighted by Crippen LogP contribution is 2.46. The first kappa shape index (κ1) is 25.8. The van der Waals surface area contributed by atoms with Crippen molar-refractivity contribution in [3.8, 4) is 22.8 Å². The highest BCUT2D eigenvalue weighted by molar-refractivity contribution is 7.98. The number of ether oxygens (including phenoxy) is 2. The summed E-state index contributed by atoms with van der Waals surface area (Å²) in [6.45, 7) is 5.11. The lowest BCUT2D eigenvalue weighted by Crippen LogP contribution is -2.24. The minimum absolute atomic E-state index is 0.323. The van der Waals surface area contributed by atoms with E-state index in [1.807, 2.05) is 12.3 Å². The smallest absolute Gasteiger partial charge is 0.187 e. The largest absolute Gasteiger partial charge is 0.495 e. The summed E-state index contributed by atoms with van der Waals surface area (Å²) in [5.74, 6) is 0.879. The number of nitrogens with one attached hydrogen (secondary N) is 1.